The van der Waals surface area contributed by atoms with Crippen molar-refractivity contribution in [2.24, 2.45) is 5.41 Å². The zero-order valence-electron chi connectivity index (χ0n) is 7.30. The SMILES string of the molecule is CCC1=CC23C=CC=CC2(C3)N1. The standard InChI is InChI=1S/C11H13N/c1-2-9-7-10-5-3-4-6-11(10,8-10)12-9/h3-7,12H,2,8H2,1H3. The minimum absolute atomic E-state index is 0.299. The molecule has 0 aromatic heterocycles. The summed E-state index contributed by atoms with van der Waals surface area (Å²) >= 11 is 0. The number of hydrogen-bond donors (Lipinski definition) is 1. The number of rotatable bonds is 1. The number of hydrogen-bond acceptors (Lipinski definition) is 1. The first-order valence-electron chi connectivity index (χ1n) is 4.67. The van der Waals surface area contributed by atoms with Gasteiger partial charge >= 0.3 is 0 Å². The lowest BCUT2D eigenvalue weighted by Crippen LogP contribution is -2.28. The van der Waals surface area contributed by atoms with Crippen LogP contribution in [-0.2, 0) is 0 Å². The Labute approximate surface area is 72.9 Å². The Kier molecular flexibility index (Phi) is 0.914. The van der Waals surface area contributed by atoms with E-state index in [9.17, 15) is 0 Å². The molecule has 2 unspecified atom stereocenters. The molecule has 12 heavy (non-hydrogen) atoms. The molecule has 0 bridgehead atoms. The van der Waals surface area contributed by atoms with Gasteiger partial charge in [0.25, 0.3) is 0 Å². The van der Waals surface area contributed by atoms with Crippen LogP contribution in [0.1, 0.15) is 19.8 Å². The van der Waals surface area contributed by atoms with E-state index in [2.05, 4.69) is 42.6 Å². The van der Waals surface area contributed by atoms with Gasteiger partial charge in [0.05, 0.1) is 5.54 Å². The van der Waals surface area contributed by atoms with Crippen LogP contribution in [0.15, 0.2) is 36.1 Å². The summed E-state index contributed by atoms with van der Waals surface area (Å²) < 4.78 is 0. The minimum Gasteiger partial charge on any atom is -0.378 e. The van der Waals surface area contributed by atoms with Crippen LogP contribution in [0.25, 0.3) is 0 Å². The summed E-state index contributed by atoms with van der Waals surface area (Å²) in [6, 6.07) is 0. The molecule has 0 spiro atoms. The number of nitrogens with one attached hydrogen (secondary N) is 1. The van der Waals surface area contributed by atoms with Gasteiger partial charge in [0.1, 0.15) is 0 Å². The van der Waals surface area contributed by atoms with Crippen LogP contribution in [-0.4, -0.2) is 5.54 Å². The van der Waals surface area contributed by atoms with E-state index in [4.69, 9.17) is 0 Å². The van der Waals surface area contributed by atoms with Gasteiger partial charge in [0.2, 0.25) is 0 Å². The van der Waals surface area contributed by atoms with E-state index >= 15 is 0 Å². The average Bonchev–Trinajstić information content (AvgIpc) is 2.62. The van der Waals surface area contributed by atoms with Gasteiger partial charge in [-0.3, -0.25) is 0 Å². The fraction of sp³-hybridized carbons (Fsp3) is 0.455. The van der Waals surface area contributed by atoms with Gasteiger partial charge in [-0.05, 0) is 12.8 Å². The largest absolute Gasteiger partial charge is 0.378 e. The van der Waals surface area contributed by atoms with Gasteiger partial charge in [0.15, 0.2) is 0 Å². The van der Waals surface area contributed by atoms with Crippen molar-refractivity contribution in [2.75, 3.05) is 0 Å². The van der Waals surface area contributed by atoms with Crippen LogP contribution in [0.5, 0.6) is 0 Å². The quantitative estimate of drug-likeness (QED) is 0.618. The fourth-order valence-corrected chi connectivity index (χ4v) is 2.54. The molecule has 3 rings (SSSR count). The van der Waals surface area contributed by atoms with Crippen molar-refractivity contribution in [1.29, 1.82) is 0 Å². The molecule has 2 aliphatic carbocycles. The van der Waals surface area contributed by atoms with Gasteiger partial charge < -0.3 is 5.32 Å². The summed E-state index contributed by atoms with van der Waals surface area (Å²) in [7, 11) is 0. The Morgan fingerprint density at radius 2 is 2.25 bits per heavy atom. The third-order valence-corrected chi connectivity index (χ3v) is 3.36. The molecule has 1 fully saturated rings. The summed E-state index contributed by atoms with van der Waals surface area (Å²) in [5.41, 5.74) is 2.08. The maximum atomic E-state index is 3.61. The van der Waals surface area contributed by atoms with Crippen molar-refractivity contribution in [1.82, 2.24) is 5.32 Å². The third kappa shape index (κ3) is 0.532. The van der Waals surface area contributed by atoms with E-state index in [-0.39, 0.29) is 0 Å². The highest BCUT2D eigenvalue weighted by Crippen LogP contribution is 2.64. The van der Waals surface area contributed by atoms with Crippen LogP contribution >= 0.6 is 0 Å². The smallest absolute Gasteiger partial charge is 0.0695 e. The molecule has 3 aliphatic rings. The van der Waals surface area contributed by atoms with Crippen molar-refractivity contribution in [3.8, 4) is 0 Å². The topological polar surface area (TPSA) is 12.0 Å². The van der Waals surface area contributed by atoms with E-state index in [0.29, 0.717) is 11.0 Å². The van der Waals surface area contributed by atoms with E-state index in [0.717, 1.165) is 6.42 Å². The second-order valence-corrected chi connectivity index (χ2v) is 4.05. The highest BCUT2D eigenvalue weighted by Gasteiger charge is 2.67. The normalized spacial score (nSPS) is 46.2. The monoisotopic (exact) mass is 159 g/mol. The molecule has 1 N–H and O–H groups in total. The first kappa shape index (κ1) is 6.53. The maximum absolute atomic E-state index is 3.61. The van der Waals surface area contributed by atoms with E-state index in [1.165, 1.54) is 12.1 Å². The summed E-state index contributed by atoms with van der Waals surface area (Å²) in [6.07, 6.45) is 13.8. The molecule has 62 valence electrons. The molecule has 0 radical (unpaired) electrons. The van der Waals surface area contributed by atoms with Crippen LogP contribution in [0, 0.1) is 5.41 Å². The predicted molar refractivity (Wildman–Crippen MR) is 49.6 cm³/mol. The Morgan fingerprint density at radius 1 is 1.42 bits per heavy atom. The zero-order chi connectivity index (χ0) is 8.23. The number of allylic oxidation sites excluding steroid dienone is 3. The molecule has 1 aliphatic heterocycles. The molecule has 2 atom stereocenters. The zero-order valence-corrected chi connectivity index (χ0v) is 7.30. The Balaban J connectivity index is 2.05. The van der Waals surface area contributed by atoms with Gasteiger partial charge in [-0.15, -0.1) is 0 Å². The molecule has 0 aromatic carbocycles. The van der Waals surface area contributed by atoms with Crippen molar-refractivity contribution < 1.29 is 0 Å². The Bertz CT molecular complexity index is 324. The molecule has 0 aromatic rings. The third-order valence-electron chi connectivity index (χ3n) is 3.36. The lowest BCUT2D eigenvalue weighted by molar-refractivity contribution is 0.623. The first-order valence-corrected chi connectivity index (χ1v) is 4.67. The predicted octanol–water partition coefficient (Wildman–Crippen LogP) is 2.14. The highest BCUT2D eigenvalue weighted by atomic mass is 15.1. The molecule has 0 saturated heterocycles. The van der Waals surface area contributed by atoms with Gasteiger partial charge in [-0.25, -0.2) is 0 Å². The van der Waals surface area contributed by atoms with E-state index < -0.39 is 0 Å². The average molecular weight is 159 g/mol. The van der Waals surface area contributed by atoms with Crippen molar-refractivity contribution >= 4 is 0 Å². The summed E-state index contributed by atoms with van der Waals surface area (Å²) in [4.78, 5) is 0. The highest BCUT2D eigenvalue weighted by molar-refractivity contribution is 5.52. The second-order valence-electron chi connectivity index (χ2n) is 4.05. The van der Waals surface area contributed by atoms with Gasteiger partial charge in [0, 0.05) is 11.1 Å². The van der Waals surface area contributed by atoms with Crippen molar-refractivity contribution in [3.05, 3.63) is 36.1 Å². The minimum atomic E-state index is 0.299. The van der Waals surface area contributed by atoms with Crippen LogP contribution in [0.4, 0.5) is 0 Å². The van der Waals surface area contributed by atoms with E-state index in [1.54, 1.807) is 0 Å². The molecule has 1 heteroatoms. The maximum Gasteiger partial charge on any atom is 0.0695 e. The van der Waals surface area contributed by atoms with Crippen molar-refractivity contribution in [3.63, 3.8) is 0 Å². The summed E-state index contributed by atoms with van der Waals surface area (Å²) in [5.74, 6) is 0. The van der Waals surface area contributed by atoms with Crippen LogP contribution < -0.4 is 5.32 Å². The summed E-state index contributed by atoms with van der Waals surface area (Å²) in [6.45, 7) is 2.20. The molecule has 1 nitrogen and oxygen atoms in total. The van der Waals surface area contributed by atoms with Gasteiger partial charge in [-0.2, -0.15) is 0 Å². The second kappa shape index (κ2) is 1.68. The lowest BCUT2D eigenvalue weighted by Gasteiger charge is -2.15. The van der Waals surface area contributed by atoms with Crippen molar-refractivity contribution in [2.45, 2.75) is 25.3 Å². The van der Waals surface area contributed by atoms with Crippen LogP contribution in [0.2, 0.25) is 0 Å². The van der Waals surface area contributed by atoms with Gasteiger partial charge in [-0.1, -0.05) is 37.3 Å². The summed E-state index contributed by atoms with van der Waals surface area (Å²) in [5, 5.41) is 3.61. The Morgan fingerprint density at radius 3 is 3.00 bits per heavy atom. The fourth-order valence-electron chi connectivity index (χ4n) is 2.54. The van der Waals surface area contributed by atoms with E-state index in [1.807, 2.05) is 0 Å². The van der Waals surface area contributed by atoms with Crippen LogP contribution in [0.3, 0.4) is 0 Å². The molecule has 1 heterocycles. The molecular formula is C11H13N. The molecule has 0 amide bonds. The Hall–Kier alpha value is -0.980. The molecule has 1 saturated carbocycles. The molecular weight excluding hydrogens is 146 g/mol. The lowest BCUT2D eigenvalue weighted by atomic mass is 9.97. The first-order chi connectivity index (χ1) is 5.80.